The number of rotatable bonds is 4. The molecule has 4 rings (SSSR count). The van der Waals surface area contributed by atoms with Crippen molar-refractivity contribution >= 4 is 17.4 Å². The SMILES string of the molecule is Cc1cc2nc(C(=O)NCc3cccnc3N3CCN(C)CC3)cc(C)n2n1. The van der Waals surface area contributed by atoms with E-state index in [1.54, 1.807) is 16.8 Å². The minimum atomic E-state index is -0.197. The third-order valence-corrected chi connectivity index (χ3v) is 5.07. The van der Waals surface area contributed by atoms with Gasteiger partial charge in [0, 0.05) is 56.2 Å². The lowest BCUT2D eigenvalue weighted by atomic mass is 10.2. The number of aromatic nitrogens is 4. The first-order valence-electron chi connectivity index (χ1n) is 9.51. The molecule has 0 radical (unpaired) electrons. The molecular formula is C20H25N7O. The standard InChI is InChI=1S/C20H25N7O/c1-14-11-18-23-17(12-15(2)27(18)24-14)20(28)22-13-16-5-4-6-21-19(16)26-9-7-25(3)8-10-26/h4-6,11-12H,7-10,13H2,1-3H3,(H,22,28). The summed E-state index contributed by atoms with van der Waals surface area (Å²) in [4.78, 5) is 26.3. The molecule has 3 aromatic rings. The summed E-state index contributed by atoms with van der Waals surface area (Å²) < 4.78 is 1.75. The van der Waals surface area contributed by atoms with Crippen LogP contribution in [0, 0.1) is 13.8 Å². The molecule has 0 unspecified atom stereocenters. The third kappa shape index (κ3) is 3.68. The predicted molar refractivity (Wildman–Crippen MR) is 108 cm³/mol. The van der Waals surface area contributed by atoms with Crippen LogP contribution in [0.1, 0.15) is 27.4 Å². The Morgan fingerprint density at radius 2 is 1.96 bits per heavy atom. The summed E-state index contributed by atoms with van der Waals surface area (Å²) in [5.74, 6) is 0.750. The highest BCUT2D eigenvalue weighted by Crippen LogP contribution is 2.19. The van der Waals surface area contributed by atoms with Crippen LogP contribution in [0.4, 0.5) is 5.82 Å². The number of nitrogens with zero attached hydrogens (tertiary/aromatic N) is 6. The Hall–Kier alpha value is -3.00. The first-order chi connectivity index (χ1) is 13.5. The zero-order chi connectivity index (χ0) is 19.7. The number of hydrogen-bond donors (Lipinski definition) is 1. The Morgan fingerprint density at radius 1 is 1.18 bits per heavy atom. The van der Waals surface area contributed by atoms with Gasteiger partial charge in [-0.25, -0.2) is 14.5 Å². The van der Waals surface area contributed by atoms with Gasteiger partial charge in [-0.2, -0.15) is 5.10 Å². The Morgan fingerprint density at radius 3 is 2.75 bits per heavy atom. The van der Waals surface area contributed by atoms with Crippen LogP contribution < -0.4 is 10.2 Å². The quantitative estimate of drug-likeness (QED) is 0.739. The van der Waals surface area contributed by atoms with Crippen molar-refractivity contribution in [3.63, 3.8) is 0 Å². The lowest BCUT2D eigenvalue weighted by Crippen LogP contribution is -2.45. The molecule has 0 aliphatic carbocycles. The van der Waals surface area contributed by atoms with E-state index in [2.05, 4.69) is 37.2 Å². The average Bonchev–Trinajstić information content (AvgIpc) is 3.08. The smallest absolute Gasteiger partial charge is 0.270 e. The highest BCUT2D eigenvalue weighted by molar-refractivity contribution is 5.92. The summed E-state index contributed by atoms with van der Waals surface area (Å²) in [7, 11) is 2.13. The molecule has 0 bridgehead atoms. The van der Waals surface area contributed by atoms with E-state index in [1.165, 1.54) is 0 Å². The number of amides is 1. The van der Waals surface area contributed by atoms with Crippen molar-refractivity contribution in [3.05, 3.63) is 53.1 Å². The molecule has 0 saturated carbocycles. The van der Waals surface area contributed by atoms with Gasteiger partial charge in [-0.1, -0.05) is 6.07 Å². The number of pyridine rings is 1. The molecule has 8 nitrogen and oxygen atoms in total. The predicted octanol–water partition coefficient (Wildman–Crippen LogP) is 1.42. The number of nitrogens with one attached hydrogen (secondary N) is 1. The van der Waals surface area contributed by atoms with Crippen LogP contribution in [0.5, 0.6) is 0 Å². The Kier molecular flexibility index (Phi) is 4.95. The molecular weight excluding hydrogens is 354 g/mol. The van der Waals surface area contributed by atoms with Crippen LogP contribution in [0.15, 0.2) is 30.5 Å². The second kappa shape index (κ2) is 7.55. The van der Waals surface area contributed by atoms with E-state index in [-0.39, 0.29) is 5.91 Å². The number of anilines is 1. The zero-order valence-electron chi connectivity index (χ0n) is 16.5. The largest absolute Gasteiger partial charge is 0.354 e. The fraction of sp³-hybridized carbons (Fsp3) is 0.400. The first kappa shape index (κ1) is 18.4. The lowest BCUT2D eigenvalue weighted by molar-refractivity contribution is 0.0946. The topological polar surface area (TPSA) is 78.7 Å². The van der Waals surface area contributed by atoms with Gasteiger partial charge in [-0.3, -0.25) is 4.79 Å². The van der Waals surface area contributed by atoms with Gasteiger partial charge in [-0.05, 0) is 33.0 Å². The molecule has 0 atom stereocenters. The van der Waals surface area contributed by atoms with Crippen molar-refractivity contribution in [1.29, 1.82) is 0 Å². The summed E-state index contributed by atoms with van der Waals surface area (Å²) in [6, 6.07) is 7.56. The van der Waals surface area contributed by atoms with Crippen LogP contribution in [0.25, 0.3) is 5.65 Å². The van der Waals surface area contributed by atoms with Crippen molar-refractivity contribution in [3.8, 4) is 0 Å². The van der Waals surface area contributed by atoms with Crippen molar-refractivity contribution in [2.24, 2.45) is 0 Å². The molecule has 1 N–H and O–H groups in total. The summed E-state index contributed by atoms with van der Waals surface area (Å²) >= 11 is 0. The fourth-order valence-corrected chi connectivity index (χ4v) is 3.49. The number of aryl methyl sites for hydroxylation is 2. The van der Waals surface area contributed by atoms with E-state index in [4.69, 9.17) is 0 Å². The van der Waals surface area contributed by atoms with Gasteiger partial charge < -0.3 is 15.1 Å². The van der Waals surface area contributed by atoms with Crippen LogP contribution in [0.2, 0.25) is 0 Å². The fourth-order valence-electron chi connectivity index (χ4n) is 3.49. The number of fused-ring (bicyclic) bond motifs is 1. The van der Waals surface area contributed by atoms with Crippen molar-refractivity contribution in [2.45, 2.75) is 20.4 Å². The Balaban J connectivity index is 1.50. The summed E-state index contributed by atoms with van der Waals surface area (Å²) in [6.07, 6.45) is 1.81. The Bertz CT molecular complexity index is 1000. The second-order valence-electron chi connectivity index (χ2n) is 7.30. The molecule has 0 spiro atoms. The third-order valence-electron chi connectivity index (χ3n) is 5.07. The van der Waals surface area contributed by atoms with E-state index >= 15 is 0 Å². The van der Waals surface area contributed by atoms with Crippen LogP contribution in [-0.4, -0.2) is 63.6 Å². The number of carbonyl (C=O) groups excluding carboxylic acids is 1. The summed E-state index contributed by atoms with van der Waals surface area (Å²) in [6.45, 7) is 8.14. The molecule has 1 amide bonds. The summed E-state index contributed by atoms with van der Waals surface area (Å²) in [5.41, 5.74) is 3.85. The van der Waals surface area contributed by atoms with E-state index in [9.17, 15) is 4.79 Å². The Labute approximate surface area is 164 Å². The highest BCUT2D eigenvalue weighted by Gasteiger charge is 2.19. The lowest BCUT2D eigenvalue weighted by Gasteiger charge is -2.34. The minimum Gasteiger partial charge on any atom is -0.354 e. The number of piperazine rings is 1. The number of hydrogen-bond acceptors (Lipinski definition) is 6. The molecule has 28 heavy (non-hydrogen) atoms. The van der Waals surface area contributed by atoms with Crippen LogP contribution in [0.3, 0.4) is 0 Å². The molecule has 1 saturated heterocycles. The molecule has 1 aliphatic heterocycles. The molecule has 1 fully saturated rings. The minimum absolute atomic E-state index is 0.197. The molecule has 1 aliphatic rings. The normalized spacial score (nSPS) is 15.2. The monoisotopic (exact) mass is 379 g/mol. The van der Waals surface area contributed by atoms with Crippen molar-refractivity contribution in [2.75, 3.05) is 38.1 Å². The van der Waals surface area contributed by atoms with Crippen LogP contribution in [-0.2, 0) is 6.54 Å². The molecule has 3 aromatic heterocycles. The molecule has 4 heterocycles. The van der Waals surface area contributed by atoms with E-state index in [1.807, 2.05) is 32.0 Å². The van der Waals surface area contributed by atoms with Gasteiger partial charge in [0.1, 0.15) is 11.5 Å². The van der Waals surface area contributed by atoms with E-state index in [0.29, 0.717) is 17.9 Å². The van der Waals surface area contributed by atoms with Gasteiger partial charge >= 0.3 is 0 Å². The second-order valence-corrected chi connectivity index (χ2v) is 7.30. The maximum absolute atomic E-state index is 12.7. The summed E-state index contributed by atoms with van der Waals surface area (Å²) in [5, 5.41) is 7.37. The first-order valence-corrected chi connectivity index (χ1v) is 9.51. The maximum atomic E-state index is 12.7. The number of likely N-dealkylation sites (N-methyl/N-ethyl adjacent to an activating group) is 1. The van der Waals surface area contributed by atoms with Gasteiger partial charge in [0.05, 0.1) is 5.69 Å². The molecule has 8 heteroatoms. The molecule has 146 valence electrons. The zero-order valence-corrected chi connectivity index (χ0v) is 16.5. The van der Waals surface area contributed by atoms with Crippen molar-refractivity contribution < 1.29 is 4.79 Å². The number of carbonyl (C=O) groups is 1. The average molecular weight is 379 g/mol. The molecule has 0 aromatic carbocycles. The van der Waals surface area contributed by atoms with Crippen molar-refractivity contribution in [1.82, 2.24) is 29.8 Å². The van der Waals surface area contributed by atoms with Gasteiger partial charge in [0.25, 0.3) is 5.91 Å². The van der Waals surface area contributed by atoms with E-state index in [0.717, 1.165) is 48.9 Å². The van der Waals surface area contributed by atoms with Crippen LogP contribution >= 0.6 is 0 Å². The maximum Gasteiger partial charge on any atom is 0.270 e. The van der Waals surface area contributed by atoms with E-state index < -0.39 is 0 Å². The highest BCUT2D eigenvalue weighted by atomic mass is 16.1. The van der Waals surface area contributed by atoms with Gasteiger partial charge in [-0.15, -0.1) is 0 Å². The van der Waals surface area contributed by atoms with Gasteiger partial charge in [0.2, 0.25) is 0 Å². The van der Waals surface area contributed by atoms with Gasteiger partial charge in [0.15, 0.2) is 5.65 Å².